The summed E-state index contributed by atoms with van der Waals surface area (Å²) in [6.45, 7) is 5.42. The molecule has 0 aliphatic carbocycles. The largest absolute Gasteiger partial charge is 0.480 e. The van der Waals surface area contributed by atoms with Gasteiger partial charge in [0.25, 0.3) is 5.56 Å². The molecule has 13 heteroatoms. The summed E-state index contributed by atoms with van der Waals surface area (Å²) < 4.78 is 24.1. The number of carbonyl (C=O) groups is 1. The van der Waals surface area contributed by atoms with E-state index in [1.807, 2.05) is 24.3 Å². The van der Waals surface area contributed by atoms with Crippen LogP contribution < -0.4 is 16.1 Å². The number of nitrogens with zero attached hydrogens (tertiary/aromatic N) is 5. The van der Waals surface area contributed by atoms with Crippen molar-refractivity contribution >= 4 is 33.8 Å². The van der Waals surface area contributed by atoms with Crippen molar-refractivity contribution in [2.75, 3.05) is 31.1 Å². The molecule has 228 valence electrons. The van der Waals surface area contributed by atoms with Crippen LogP contribution in [0.15, 0.2) is 76.6 Å². The summed E-state index contributed by atoms with van der Waals surface area (Å²) >= 11 is -2.46. The number of hydrogen-bond donors (Lipinski definition) is 3. The highest BCUT2D eigenvalue weighted by Gasteiger charge is 2.38. The Hall–Kier alpha value is -4.61. The Kier molecular flexibility index (Phi) is 9.36. The molecule has 2 atom stereocenters. The molecule has 1 aliphatic rings. The second-order valence-electron chi connectivity index (χ2n) is 10.7. The van der Waals surface area contributed by atoms with Gasteiger partial charge in [0.2, 0.25) is 11.3 Å². The van der Waals surface area contributed by atoms with Crippen LogP contribution in [-0.4, -0.2) is 76.0 Å². The fraction of sp³-hybridized carbons (Fsp3) is 0.290. The number of fused-ring (bicyclic) bond motifs is 1. The minimum Gasteiger partial charge on any atom is -0.480 e. The quantitative estimate of drug-likeness (QED) is 0.200. The zero-order chi connectivity index (χ0) is 31.4. The molecule has 0 radical (unpaired) electrons. The normalized spacial score (nSPS) is 15.2. The van der Waals surface area contributed by atoms with E-state index >= 15 is 0 Å². The average Bonchev–Trinajstić information content (AvgIpc) is 3.01. The van der Waals surface area contributed by atoms with Crippen LogP contribution in [0.3, 0.4) is 0 Å². The van der Waals surface area contributed by atoms with Gasteiger partial charge >= 0.3 is 11.7 Å². The van der Waals surface area contributed by atoms with Gasteiger partial charge in [-0.2, -0.15) is 0 Å². The molecule has 1 aliphatic heterocycles. The van der Waals surface area contributed by atoms with Crippen LogP contribution in [-0.2, 0) is 22.6 Å². The second kappa shape index (κ2) is 13.4. The van der Waals surface area contributed by atoms with Crippen molar-refractivity contribution in [3.63, 3.8) is 0 Å². The number of H-pyrrole nitrogens is 1. The van der Waals surface area contributed by atoms with E-state index in [9.17, 15) is 28.3 Å². The van der Waals surface area contributed by atoms with E-state index in [1.165, 1.54) is 0 Å². The molecule has 3 N–H and O–H groups in total. The number of benzene rings is 2. The van der Waals surface area contributed by atoms with Crippen molar-refractivity contribution in [3.8, 4) is 11.8 Å². The van der Waals surface area contributed by atoms with Crippen molar-refractivity contribution in [1.29, 1.82) is 0 Å². The second-order valence-corrected chi connectivity index (χ2v) is 11.6. The van der Waals surface area contributed by atoms with Gasteiger partial charge in [-0.15, -0.1) is 4.41 Å². The standard InChI is InChI=1S/C31H32N6O6S/c1-21(2)28(30(39)40)37(44(42)43)35-17-15-34(16-18-35)25-8-5-22(6-9-25)3-4-23-7-10-27-26(19-23)29(38)36(31(41)33-27)20-24-11-13-32-14-12-24/h5-14,19,21,28H,15-18,20H2,1-2H3,(H,33,41)(H,39,40)(H,42,43). The van der Waals surface area contributed by atoms with Gasteiger partial charge in [-0.25, -0.2) is 14.0 Å². The van der Waals surface area contributed by atoms with Crippen molar-refractivity contribution in [2.45, 2.75) is 26.4 Å². The lowest BCUT2D eigenvalue weighted by atomic mass is 10.1. The molecule has 12 nitrogen and oxygen atoms in total. The zero-order valence-corrected chi connectivity index (χ0v) is 25.0. The highest BCUT2D eigenvalue weighted by atomic mass is 32.2. The topological polar surface area (TPSA) is 152 Å². The Morgan fingerprint density at radius 2 is 1.64 bits per heavy atom. The molecular formula is C31H32N6O6S. The molecule has 2 unspecified atom stereocenters. The van der Waals surface area contributed by atoms with Crippen LogP contribution in [0, 0.1) is 17.8 Å². The minimum absolute atomic E-state index is 0.129. The third kappa shape index (κ3) is 6.79. The van der Waals surface area contributed by atoms with Crippen molar-refractivity contribution in [1.82, 2.24) is 24.0 Å². The maximum absolute atomic E-state index is 13.2. The number of aliphatic carboxylic acids is 1. The van der Waals surface area contributed by atoms with Crippen molar-refractivity contribution in [2.24, 2.45) is 5.92 Å². The molecule has 1 fully saturated rings. The molecule has 0 amide bonds. The molecule has 0 bridgehead atoms. The van der Waals surface area contributed by atoms with E-state index in [0.29, 0.717) is 42.6 Å². The Morgan fingerprint density at radius 3 is 2.25 bits per heavy atom. The Morgan fingerprint density at radius 1 is 1.00 bits per heavy atom. The van der Waals surface area contributed by atoms with Crippen molar-refractivity contribution in [3.05, 3.63) is 105 Å². The first-order valence-corrected chi connectivity index (χ1v) is 15.1. The summed E-state index contributed by atoms with van der Waals surface area (Å²) in [5.74, 6) is 4.72. The van der Waals surface area contributed by atoms with Crippen LogP contribution >= 0.6 is 0 Å². The van der Waals surface area contributed by atoms with Crippen LogP contribution in [0.2, 0.25) is 0 Å². The van der Waals surface area contributed by atoms with Gasteiger partial charge in [0, 0.05) is 55.4 Å². The van der Waals surface area contributed by atoms with Crippen LogP contribution in [0.1, 0.15) is 30.5 Å². The van der Waals surface area contributed by atoms with Crippen LogP contribution in [0.4, 0.5) is 5.69 Å². The fourth-order valence-corrected chi connectivity index (χ4v) is 6.09. The van der Waals surface area contributed by atoms with E-state index in [4.69, 9.17) is 0 Å². The highest BCUT2D eigenvalue weighted by molar-refractivity contribution is 7.76. The first-order chi connectivity index (χ1) is 21.1. The predicted molar refractivity (Wildman–Crippen MR) is 167 cm³/mol. The van der Waals surface area contributed by atoms with Gasteiger partial charge in [-0.05, 0) is 66.1 Å². The molecular weight excluding hydrogens is 584 g/mol. The number of hydrogen-bond acceptors (Lipinski definition) is 7. The maximum atomic E-state index is 13.2. The fourth-order valence-electron chi connectivity index (χ4n) is 5.20. The molecule has 2 aromatic heterocycles. The Balaban J connectivity index is 1.28. The van der Waals surface area contributed by atoms with Gasteiger partial charge < -0.3 is 15.0 Å². The molecule has 1 saturated heterocycles. The van der Waals surface area contributed by atoms with E-state index in [1.54, 1.807) is 61.6 Å². The molecule has 3 heterocycles. The van der Waals surface area contributed by atoms with Crippen LogP contribution in [0.5, 0.6) is 0 Å². The van der Waals surface area contributed by atoms with E-state index in [2.05, 4.69) is 26.7 Å². The number of piperazine rings is 1. The van der Waals surface area contributed by atoms with Gasteiger partial charge in [0.15, 0.2) is 0 Å². The Bertz CT molecular complexity index is 1850. The number of nitrogens with one attached hydrogen (secondary N) is 1. The van der Waals surface area contributed by atoms with E-state index in [-0.39, 0.29) is 12.5 Å². The maximum Gasteiger partial charge on any atom is 0.329 e. The lowest BCUT2D eigenvalue weighted by Crippen LogP contribution is -2.60. The number of carboxylic acid groups (broad SMARTS) is 1. The average molecular weight is 617 g/mol. The number of carboxylic acids is 1. The number of pyridine rings is 1. The van der Waals surface area contributed by atoms with E-state index in [0.717, 1.165) is 25.8 Å². The summed E-state index contributed by atoms with van der Waals surface area (Å²) in [4.78, 5) is 46.4. The monoisotopic (exact) mass is 616 g/mol. The predicted octanol–water partition coefficient (Wildman–Crippen LogP) is 2.12. The summed E-state index contributed by atoms with van der Waals surface area (Å²) in [5.41, 5.74) is 2.70. The Labute approximate surface area is 256 Å². The van der Waals surface area contributed by atoms with Gasteiger partial charge in [0.05, 0.1) is 17.4 Å². The lowest BCUT2D eigenvalue weighted by molar-refractivity contribution is -0.148. The van der Waals surface area contributed by atoms with Crippen LogP contribution in [0.25, 0.3) is 10.9 Å². The third-order valence-corrected chi connectivity index (χ3v) is 8.25. The summed E-state index contributed by atoms with van der Waals surface area (Å²) in [6.07, 6.45) is 3.22. The molecule has 0 saturated carbocycles. The minimum atomic E-state index is -2.46. The van der Waals surface area contributed by atoms with Gasteiger partial charge in [-0.3, -0.25) is 23.7 Å². The SMILES string of the molecule is CC(C)C(C(=O)O)N(N1CCN(c2ccc(C#Cc3ccc4[nH]c(=O)n(Cc5ccncc5)c(=O)c4c3)cc2)CC1)S(=O)O. The highest BCUT2D eigenvalue weighted by Crippen LogP contribution is 2.22. The lowest BCUT2D eigenvalue weighted by Gasteiger charge is -2.42. The number of anilines is 1. The molecule has 0 spiro atoms. The van der Waals surface area contributed by atoms with Crippen molar-refractivity contribution < 1.29 is 18.7 Å². The molecule has 44 heavy (non-hydrogen) atoms. The number of rotatable bonds is 8. The summed E-state index contributed by atoms with van der Waals surface area (Å²) in [6, 6.07) is 15.2. The zero-order valence-electron chi connectivity index (χ0n) is 24.2. The first-order valence-electron chi connectivity index (χ1n) is 14.0. The van der Waals surface area contributed by atoms with Gasteiger partial charge in [-0.1, -0.05) is 25.7 Å². The summed E-state index contributed by atoms with van der Waals surface area (Å²) in [7, 11) is 0. The molecule has 5 rings (SSSR count). The number of hydrazine groups is 1. The van der Waals surface area contributed by atoms with Gasteiger partial charge in [0.1, 0.15) is 6.04 Å². The number of aromatic amines is 1. The van der Waals surface area contributed by atoms with E-state index < -0.39 is 34.5 Å². The first kappa shape index (κ1) is 30.8. The molecule has 4 aromatic rings. The third-order valence-electron chi connectivity index (χ3n) is 7.47. The smallest absolute Gasteiger partial charge is 0.329 e. The summed E-state index contributed by atoms with van der Waals surface area (Å²) in [5, 5.41) is 11.6. The molecule has 2 aromatic carbocycles. The number of aromatic nitrogens is 3.